The average Bonchev–Trinajstić information content (AvgIpc) is 3.51. The van der Waals surface area contributed by atoms with Crippen molar-refractivity contribution in [2.75, 3.05) is 57.3 Å². The highest BCUT2D eigenvalue weighted by molar-refractivity contribution is 7.83. The number of hydrogen-bond acceptors (Lipinski definition) is 9. The van der Waals surface area contributed by atoms with E-state index in [1.165, 1.54) is 61.8 Å². The predicted molar refractivity (Wildman–Crippen MR) is 255 cm³/mol. The fraction of sp³-hybridized carbons (Fsp3) is 0.569. The molecule has 63 heavy (non-hydrogen) atoms. The number of amides is 4. The highest BCUT2D eigenvalue weighted by Crippen LogP contribution is 2.37. The van der Waals surface area contributed by atoms with Gasteiger partial charge < -0.3 is 14.4 Å². The molecule has 346 valence electrons. The van der Waals surface area contributed by atoms with Crippen LogP contribution in [0.2, 0.25) is 0 Å². The summed E-state index contributed by atoms with van der Waals surface area (Å²) in [7, 11) is 0.980. The molecule has 2 saturated heterocycles. The largest absolute Gasteiger partial charge is 0.493 e. The Labute approximate surface area is 380 Å². The number of benzene rings is 3. The minimum absolute atomic E-state index is 0.148. The van der Waals surface area contributed by atoms with Crippen molar-refractivity contribution in [3.63, 3.8) is 0 Å². The number of imide groups is 2. The number of anilines is 1. The molecule has 12 heteroatoms. The quantitative estimate of drug-likeness (QED) is 0.167. The van der Waals surface area contributed by atoms with E-state index in [-0.39, 0.29) is 36.1 Å². The van der Waals surface area contributed by atoms with Crippen LogP contribution in [-0.2, 0) is 26.9 Å². The summed E-state index contributed by atoms with van der Waals surface area (Å²) in [5.41, 5.74) is 5.24. The van der Waals surface area contributed by atoms with E-state index >= 15 is 0 Å². The van der Waals surface area contributed by atoms with Gasteiger partial charge in [0.15, 0.2) is 11.5 Å². The van der Waals surface area contributed by atoms with Gasteiger partial charge in [-0.25, -0.2) is 0 Å². The molecular weight excluding hydrogens is 813 g/mol. The number of rotatable bonds is 13. The second-order valence-electron chi connectivity index (χ2n) is 17.0. The van der Waals surface area contributed by atoms with Crippen LogP contribution in [0.25, 0.3) is 0 Å². The molecule has 0 spiro atoms. The first-order chi connectivity index (χ1) is 30.4. The van der Waals surface area contributed by atoms with Crippen LogP contribution < -0.4 is 19.7 Å². The van der Waals surface area contributed by atoms with E-state index in [1.54, 1.807) is 19.6 Å². The number of nitrogens with zero attached hydrogens (tertiary/aromatic N) is 3. The van der Waals surface area contributed by atoms with Gasteiger partial charge in [0.05, 0.1) is 37.3 Å². The highest BCUT2D eigenvalue weighted by Gasteiger charge is 2.36. The molecule has 3 heterocycles. The molecule has 0 radical (unpaired) electrons. The molecule has 1 unspecified atom stereocenters. The summed E-state index contributed by atoms with van der Waals surface area (Å²) >= 11 is 0. The molecule has 1 N–H and O–H groups in total. The van der Waals surface area contributed by atoms with Crippen molar-refractivity contribution in [2.24, 2.45) is 5.92 Å². The average molecular weight is 887 g/mol. The normalized spacial score (nSPS) is 19.9. The maximum Gasteiger partial charge on any atom is 0.261 e. The summed E-state index contributed by atoms with van der Waals surface area (Å²) in [4.78, 5) is 55.8. The van der Waals surface area contributed by atoms with Crippen molar-refractivity contribution in [1.82, 2.24) is 15.1 Å². The van der Waals surface area contributed by atoms with Gasteiger partial charge in [-0.1, -0.05) is 90.6 Å². The zero-order chi connectivity index (χ0) is 46.1. The molecule has 4 amide bonds. The number of ether oxygens (including phenoxy) is 2. The number of hydrogen-bond donors (Lipinski definition) is 1. The van der Waals surface area contributed by atoms with Crippen LogP contribution in [0.3, 0.4) is 0 Å². The molecule has 3 fully saturated rings. The second-order valence-corrected chi connectivity index (χ2v) is 18.5. The van der Waals surface area contributed by atoms with Gasteiger partial charge >= 0.3 is 0 Å². The highest BCUT2D eigenvalue weighted by atomic mass is 32.2. The summed E-state index contributed by atoms with van der Waals surface area (Å²) in [6, 6.07) is 20.4. The molecule has 0 aromatic heterocycles. The van der Waals surface area contributed by atoms with Crippen LogP contribution in [0.5, 0.6) is 11.5 Å². The number of methoxy groups -OCH3 is 1. The summed E-state index contributed by atoms with van der Waals surface area (Å²) in [6.07, 6.45) is 14.5. The second kappa shape index (κ2) is 25.7. The first-order valence-electron chi connectivity index (χ1n) is 23.3. The molecular formula is C51H74N4O7S. The van der Waals surface area contributed by atoms with E-state index in [9.17, 15) is 23.4 Å². The number of carbonyl (C=O) groups is 4. The van der Waals surface area contributed by atoms with Gasteiger partial charge in [-0.2, -0.15) is 0 Å². The Bertz CT molecular complexity index is 1960. The fourth-order valence-electron chi connectivity index (χ4n) is 9.02. The monoisotopic (exact) mass is 887 g/mol. The Morgan fingerprint density at radius 1 is 0.746 bits per heavy atom. The number of fused-ring (bicyclic) bond motifs is 1. The van der Waals surface area contributed by atoms with E-state index in [0.717, 1.165) is 48.9 Å². The molecule has 7 rings (SSSR count). The lowest BCUT2D eigenvalue weighted by atomic mass is 9.79. The third kappa shape index (κ3) is 14.2. The van der Waals surface area contributed by atoms with Crippen molar-refractivity contribution >= 4 is 40.1 Å². The van der Waals surface area contributed by atoms with Crippen LogP contribution in [0.4, 0.5) is 5.69 Å². The van der Waals surface area contributed by atoms with Crippen molar-refractivity contribution in [3.8, 4) is 11.5 Å². The van der Waals surface area contributed by atoms with Crippen LogP contribution in [0, 0.1) is 5.92 Å². The predicted octanol–water partition coefficient (Wildman–Crippen LogP) is 9.50. The SMILES string of the molecule is CC.CC1CCC(c2ccc(C3CCC(=O)NC3=O)cc2)CC1.CCCC(CCC)N1CCN(c2ccc3c(c2)C(=O)N(Cc2ccc(OC)c(OCC)c2)C3=O)CC1.CS(C)=O. The molecule has 1 saturated carbocycles. The third-order valence-electron chi connectivity index (χ3n) is 12.3. The van der Waals surface area contributed by atoms with E-state index in [1.807, 2.05) is 57.2 Å². The maximum absolute atomic E-state index is 13.3. The molecule has 3 aromatic carbocycles. The Balaban J connectivity index is 0.000000272. The van der Waals surface area contributed by atoms with Crippen LogP contribution in [0.15, 0.2) is 60.7 Å². The minimum Gasteiger partial charge on any atom is -0.493 e. The first-order valence-corrected chi connectivity index (χ1v) is 25.3. The Morgan fingerprint density at radius 2 is 1.35 bits per heavy atom. The Morgan fingerprint density at radius 3 is 1.92 bits per heavy atom. The molecule has 3 aromatic rings. The minimum atomic E-state index is -0.611. The zero-order valence-corrected chi connectivity index (χ0v) is 40.3. The van der Waals surface area contributed by atoms with Crippen LogP contribution >= 0.6 is 0 Å². The molecule has 1 atom stereocenters. The molecule has 11 nitrogen and oxygen atoms in total. The smallest absolute Gasteiger partial charge is 0.261 e. The van der Waals surface area contributed by atoms with Crippen LogP contribution in [-0.4, -0.2) is 96.1 Å². The van der Waals surface area contributed by atoms with Crippen molar-refractivity contribution in [2.45, 2.75) is 130 Å². The van der Waals surface area contributed by atoms with Gasteiger partial charge in [-0.05, 0) is 97.9 Å². The lowest BCUT2D eigenvalue weighted by Gasteiger charge is -2.40. The number of piperazine rings is 1. The number of carbonyl (C=O) groups excluding carboxylic acids is 4. The van der Waals surface area contributed by atoms with E-state index in [0.29, 0.717) is 54.0 Å². The summed E-state index contributed by atoms with van der Waals surface area (Å²) in [5, 5.41) is 2.43. The Kier molecular flexibility index (Phi) is 20.8. The molecule has 0 bridgehead atoms. The lowest BCUT2D eigenvalue weighted by molar-refractivity contribution is -0.134. The van der Waals surface area contributed by atoms with Gasteiger partial charge in [0, 0.05) is 67.6 Å². The summed E-state index contributed by atoms with van der Waals surface area (Å²) < 4.78 is 20.6. The third-order valence-corrected chi connectivity index (χ3v) is 12.3. The maximum atomic E-state index is 13.3. The standard InChI is InChI=1S/C29H39N3O4.C18H23NO2.C2H6OS.C2H6/c1-5-8-22(9-6-2)30-14-16-31(17-15-30)23-11-12-24-25(19-23)29(34)32(28(24)33)20-21-10-13-26(35-4)27(18-21)36-7-3;1-12-2-4-13(5-3-12)14-6-8-15(9-7-14)16-10-11-17(20)19-18(16)21;1-4(2)3;1-2/h10-13,18-19,22H,5-9,14-17,20H2,1-4H3;6-9,12-13,16H,2-5,10-11H2,1H3,(H,19,20,21);1-2H3;1-2H3. The van der Waals surface area contributed by atoms with E-state index in [2.05, 4.69) is 60.2 Å². The van der Waals surface area contributed by atoms with Gasteiger partial charge in [-0.3, -0.25) is 38.5 Å². The molecule has 4 aliphatic rings. The van der Waals surface area contributed by atoms with Gasteiger partial charge in [0.25, 0.3) is 11.8 Å². The van der Waals surface area contributed by atoms with E-state index in [4.69, 9.17) is 9.47 Å². The topological polar surface area (TPSA) is 126 Å². The summed E-state index contributed by atoms with van der Waals surface area (Å²) in [5.74, 6) is 1.83. The molecule has 1 aliphatic carbocycles. The van der Waals surface area contributed by atoms with Gasteiger partial charge in [0.1, 0.15) is 0 Å². The van der Waals surface area contributed by atoms with Crippen molar-refractivity contribution in [1.29, 1.82) is 0 Å². The molecule has 3 aliphatic heterocycles. The van der Waals surface area contributed by atoms with Crippen molar-refractivity contribution in [3.05, 3.63) is 88.5 Å². The van der Waals surface area contributed by atoms with Crippen molar-refractivity contribution < 1.29 is 32.9 Å². The number of piperidine rings is 1. The fourth-order valence-corrected chi connectivity index (χ4v) is 9.02. The van der Waals surface area contributed by atoms with E-state index < -0.39 is 10.8 Å². The number of nitrogens with one attached hydrogen (secondary N) is 1. The van der Waals surface area contributed by atoms with Gasteiger partial charge in [0.2, 0.25) is 11.8 Å². The van der Waals surface area contributed by atoms with Crippen LogP contribution in [0.1, 0.15) is 155 Å². The first kappa shape index (κ1) is 51.1. The zero-order valence-electron chi connectivity index (χ0n) is 39.5. The Hall–Kier alpha value is -4.55. The lowest BCUT2D eigenvalue weighted by Crippen LogP contribution is -2.50. The van der Waals surface area contributed by atoms with Gasteiger partial charge in [-0.15, -0.1) is 0 Å². The summed E-state index contributed by atoms with van der Waals surface area (Å²) in [6.45, 7) is 17.4.